The van der Waals surface area contributed by atoms with Crippen LogP contribution in [0.1, 0.15) is 5.56 Å². The molecule has 0 saturated carbocycles. The number of ether oxygens (including phenoxy) is 1. The topological polar surface area (TPSA) is 22.1 Å². The Hall–Kier alpha value is -1.32. The number of nitrogens with zero attached hydrogens (tertiary/aromatic N) is 1. The van der Waals surface area contributed by atoms with Crippen molar-refractivity contribution in [1.82, 2.24) is 4.98 Å². The van der Waals surface area contributed by atoms with E-state index >= 15 is 0 Å². The zero-order valence-electron chi connectivity index (χ0n) is 8.66. The number of pyridine rings is 1. The smallest absolute Gasteiger partial charge is 0.137 e. The summed E-state index contributed by atoms with van der Waals surface area (Å²) >= 11 is 11.5. The van der Waals surface area contributed by atoms with Gasteiger partial charge in [0.05, 0.1) is 0 Å². The first-order valence-corrected chi connectivity index (χ1v) is 5.60. The van der Waals surface area contributed by atoms with Gasteiger partial charge in [0.15, 0.2) is 0 Å². The van der Waals surface area contributed by atoms with Crippen LogP contribution in [0.2, 0.25) is 10.3 Å². The Morgan fingerprint density at radius 3 is 2.71 bits per heavy atom. The summed E-state index contributed by atoms with van der Waals surface area (Å²) < 4.78 is 18.3. The van der Waals surface area contributed by atoms with Gasteiger partial charge in [0.2, 0.25) is 0 Å². The fourth-order valence-corrected chi connectivity index (χ4v) is 1.67. The molecule has 0 unspecified atom stereocenters. The highest BCUT2D eigenvalue weighted by atomic mass is 35.5. The van der Waals surface area contributed by atoms with E-state index < -0.39 is 0 Å². The molecule has 1 aromatic heterocycles. The van der Waals surface area contributed by atoms with Gasteiger partial charge in [-0.2, -0.15) is 0 Å². The van der Waals surface area contributed by atoms with Crippen LogP contribution in [0, 0.1) is 5.82 Å². The van der Waals surface area contributed by atoms with Crippen LogP contribution < -0.4 is 4.74 Å². The second-order valence-corrected chi connectivity index (χ2v) is 4.08. The third-order valence-electron chi connectivity index (χ3n) is 2.08. The Morgan fingerprint density at radius 2 is 2.00 bits per heavy atom. The molecule has 0 atom stereocenters. The molecule has 0 saturated heterocycles. The van der Waals surface area contributed by atoms with Gasteiger partial charge in [0.25, 0.3) is 0 Å². The summed E-state index contributed by atoms with van der Waals surface area (Å²) in [6.45, 7) is 0.215. The van der Waals surface area contributed by atoms with E-state index in [1.165, 1.54) is 12.1 Å². The minimum absolute atomic E-state index is 0.215. The molecule has 0 fully saturated rings. The largest absolute Gasteiger partial charge is 0.489 e. The Bertz CT molecular complexity index is 534. The van der Waals surface area contributed by atoms with Crippen molar-refractivity contribution < 1.29 is 9.13 Å². The van der Waals surface area contributed by atoms with Gasteiger partial charge in [-0.1, -0.05) is 29.3 Å². The molecule has 88 valence electrons. The SMILES string of the molecule is Fc1cccc(OCc2ccc(Cl)nc2Cl)c1. The second-order valence-electron chi connectivity index (χ2n) is 3.33. The van der Waals surface area contributed by atoms with E-state index in [4.69, 9.17) is 27.9 Å². The molecule has 0 amide bonds. The molecule has 2 aromatic rings. The summed E-state index contributed by atoms with van der Waals surface area (Å²) in [6.07, 6.45) is 0. The molecule has 1 aromatic carbocycles. The summed E-state index contributed by atoms with van der Waals surface area (Å²) in [6, 6.07) is 9.24. The molecule has 0 aliphatic carbocycles. The highest BCUT2D eigenvalue weighted by Gasteiger charge is 2.04. The van der Waals surface area contributed by atoms with E-state index in [9.17, 15) is 4.39 Å². The lowest BCUT2D eigenvalue weighted by molar-refractivity contribution is 0.304. The van der Waals surface area contributed by atoms with E-state index in [0.29, 0.717) is 16.5 Å². The van der Waals surface area contributed by atoms with Crippen molar-refractivity contribution in [3.05, 3.63) is 58.1 Å². The maximum Gasteiger partial charge on any atom is 0.137 e. The van der Waals surface area contributed by atoms with Crippen LogP contribution in [-0.2, 0) is 6.61 Å². The van der Waals surface area contributed by atoms with Crippen molar-refractivity contribution in [3.63, 3.8) is 0 Å². The summed E-state index contributed by atoms with van der Waals surface area (Å²) in [5.41, 5.74) is 0.695. The summed E-state index contributed by atoms with van der Waals surface area (Å²) in [7, 11) is 0. The van der Waals surface area contributed by atoms with E-state index in [2.05, 4.69) is 4.98 Å². The van der Waals surface area contributed by atoms with E-state index in [0.717, 1.165) is 0 Å². The van der Waals surface area contributed by atoms with E-state index in [1.807, 2.05) is 0 Å². The predicted octanol–water partition coefficient (Wildman–Crippen LogP) is 4.11. The molecule has 17 heavy (non-hydrogen) atoms. The zero-order valence-corrected chi connectivity index (χ0v) is 10.2. The van der Waals surface area contributed by atoms with Gasteiger partial charge in [-0.25, -0.2) is 9.37 Å². The number of aromatic nitrogens is 1. The number of halogens is 3. The van der Waals surface area contributed by atoms with Crippen molar-refractivity contribution in [2.45, 2.75) is 6.61 Å². The van der Waals surface area contributed by atoms with Crippen molar-refractivity contribution in [2.24, 2.45) is 0 Å². The average molecular weight is 272 g/mol. The van der Waals surface area contributed by atoms with Crippen LogP contribution in [0.15, 0.2) is 36.4 Å². The highest BCUT2D eigenvalue weighted by molar-refractivity contribution is 6.32. The fraction of sp³-hybridized carbons (Fsp3) is 0.0833. The molecule has 2 rings (SSSR count). The van der Waals surface area contributed by atoms with Crippen molar-refractivity contribution in [2.75, 3.05) is 0 Å². The Balaban J connectivity index is 2.07. The van der Waals surface area contributed by atoms with Gasteiger partial charge >= 0.3 is 0 Å². The number of hydrogen-bond acceptors (Lipinski definition) is 2. The van der Waals surface area contributed by atoms with Crippen LogP contribution in [0.4, 0.5) is 4.39 Å². The first kappa shape index (κ1) is 12.1. The molecule has 0 N–H and O–H groups in total. The maximum atomic E-state index is 12.9. The van der Waals surface area contributed by atoms with E-state index in [1.54, 1.807) is 24.3 Å². The monoisotopic (exact) mass is 271 g/mol. The molecular weight excluding hydrogens is 264 g/mol. The Morgan fingerprint density at radius 1 is 1.18 bits per heavy atom. The van der Waals surface area contributed by atoms with Gasteiger partial charge in [0, 0.05) is 11.6 Å². The lowest BCUT2D eigenvalue weighted by Gasteiger charge is -2.07. The Kier molecular flexibility index (Phi) is 3.82. The first-order chi connectivity index (χ1) is 8.15. The standard InChI is InChI=1S/C12H8Cl2FNO/c13-11-5-4-8(12(14)16-11)7-17-10-3-1-2-9(15)6-10/h1-6H,7H2. The normalized spacial score (nSPS) is 10.3. The highest BCUT2D eigenvalue weighted by Crippen LogP contribution is 2.19. The van der Waals surface area contributed by atoms with Gasteiger partial charge in [-0.05, 0) is 24.3 Å². The third kappa shape index (κ3) is 3.32. The molecule has 0 radical (unpaired) electrons. The van der Waals surface area contributed by atoms with Gasteiger partial charge in [0.1, 0.15) is 28.5 Å². The third-order valence-corrected chi connectivity index (χ3v) is 2.62. The molecule has 5 heteroatoms. The number of rotatable bonds is 3. The first-order valence-electron chi connectivity index (χ1n) is 4.84. The van der Waals surface area contributed by atoms with E-state index in [-0.39, 0.29) is 17.6 Å². The van der Waals surface area contributed by atoms with Crippen molar-refractivity contribution >= 4 is 23.2 Å². The lowest BCUT2D eigenvalue weighted by Crippen LogP contribution is -1.97. The fourth-order valence-electron chi connectivity index (χ4n) is 1.27. The summed E-state index contributed by atoms with van der Waals surface area (Å²) in [5, 5.41) is 0.610. The molecule has 0 aliphatic heterocycles. The van der Waals surface area contributed by atoms with Gasteiger partial charge in [-0.15, -0.1) is 0 Å². The number of hydrogen-bond donors (Lipinski definition) is 0. The van der Waals surface area contributed by atoms with Crippen LogP contribution in [-0.4, -0.2) is 4.98 Å². The summed E-state index contributed by atoms with van der Waals surface area (Å²) in [5.74, 6) is 0.0962. The molecule has 0 bridgehead atoms. The van der Waals surface area contributed by atoms with Crippen LogP contribution in [0.3, 0.4) is 0 Å². The molecule has 0 aliphatic rings. The molecule has 1 heterocycles. The van der Waals surface area contributed by atoms with Crippen LogP contribution in [0.25, 0.3) is 0 Å². The minimum Gasteiger partial charge on any atom is -0.489 e. The zero-order chi connectivity index (χ0) is 12.3. The summed E-state index contributed by atoms with van der Waals surface area (Å²) in [4.78, 5) is 3.88. The maximum absolute atomic E-state index is 12.9. The predicted molar refractivity (Wildman–Crippen MR) is 65.0 cm³/mol. The van der Waals surface area contributed by atoms with Crippen molar-refractivity contribution in [1.29, 1.82) is 0 Å². The lowest BCUT2D eigenvalue weighted by atomic mass is 10.3. The quantitative estimate of drug-likeness (QED) is 0.784. The van der Waals surface area contributed by atoms with Crippen molar-refractivity contribution in [3.8, 4) is 5.75 Å². The van der Waals surface area contributed by atoms with Gasteiger partial charge < -0.3 is 4.74 Å². The molecule has 0 spiro atoms. The second kappa shape index (κ2) is 5.34. The average Bonchev–Trinajstić information content (AvgIpc) is 2.28. The number of benzene rings is 1. The minimum atomic E-state index is -0.345. The van der Waals surface area contributed by atoms with Crippen LogP contribution >= 0.6 is 23.2 Å². The molecular formula is C12H8Cl2FNO. The molecule has 2 nitrogen and oxygen atoms in total. The van der Waals surface area contributed by atoms with Crippen LogP contribution in [0.5, 0.6) is 5.75 Å². The van der Waals surface area contributed by atoms with Gasteiger partial charge in [-0.3, -0.25) is 0 Å². The Labute approximate surface area is 108 Å².